The van der Waals surface area contributed by atoms with Gasteiger partial charge in [-0.15, -0.1) is 0 Å². The van der Waals surface area contributed by atoms with Crippen LogP contribution in [0.4, 0.5) is 5.69 Å². The van der Waals surface area contributed by atoms with E-state index >= 15 is 0 Å². The number of aryl methyl sites for hydroxylation is 1. The number of esters is 1. The molecule has 0 aromatic heterocycles. The Hall–Kier alpha value is -4.78. The average molecular weight is 451 g/mol. The number of carbonyl (C=O) groups excluding carboxylic acids is 3. The fourth-order valence-corrected chi connectivity index (χ4v) is 3.26. The van der Waals surface area contributed by atoms with Gasteiger partial charge in [0.05, 0.1) is 11.8 Å². The van der Waals surface area contributed by atoms with Crippen LogP contribution in [-0.2, 0) is 9.59 Å². The number of fused-ring (bicyclic) bond motifs is 1. The lowest BCUT2D eigenvalue weighted by Gasteiger charge is -2.10. The van der Waals surface area contributed by atoms with Gasteiger partial charge in [0.25, 0.3) is 0 Å². The zero-order valence-electron chi connectivity index (χ0n) is 18.3. The highest BCUT2D eigenvalue weighted by Gasteiger charge is 2.15. The van der Waals surface area contributed by atoms with Gasteiger partial charge in [-0.1, -0.05) is 66.2 Å². The van der Waals surface area contributed by atoms with Crippen LogP contribution in [0.25, 0.3) is 10.8 Å². The Morgan fingerprint density at radius 1 is 0.794 bits per heavy atom. The fraction of sp³-hybridized carbons (Fsp3) is 0.0370. The molecule has 0 radical (unpaired) electrons. The molecule has 0 unspecified atom stereocenters. The van der Waals surface area contributed by atoms with Crippen molar-refractivity contribution in [1.29, 1.82) is 0 Å². The first-order valence-corrected chi connectivity index (χ1v) is 10.5. The Labute approximate surface area is 196 Å². The Balaban J connectivity index is 1.53. The van der Waals surface area contributed by atoms with Crippen molar-refractivity contribution in [1.82, 2.24) is 5.43 Å². The first-order valence-electron chi connectivity index (χ1n) is 10.5. The fourth-order valence-electron chi connectivity index (χ4n) is 3.26. The molecule has 34 heavy (non-hydrogen) atoms. The van der Waals surface area contributed by atoms with Crippen LogP contribution in [-0.4, -0.2) is 24.0 Å². The number of hydrogen-bond acceptors (Lipinski definition) is 5. The van der Waals surface area contributed by atoms with Gasteiger partial charge in [0, 0.05) is 11.3 Å². The molecule has 0 saturated heterocycles. The lowest BCUT2D eigenvalue weighted by atomic mass is 10.0. The summed E-state index contributed by atoms with van der Waals surface area (Å²) in [5.41, 5.74) is 4.64. The number of rotatable bonds is 5. The lowest BCUT2D eigenvalue weighted by Crippen LogP contribution is -2.32. The molecule has 2 amide bonds. The lowest BCUT2D eigenvalue weighted by molar-refractivity contribution is -0.136. The van der Waals surface area contributed by atoms with E-state index in [4.69, 9.17) is 4.74 Å². The SMILES string of the molecule is Cc1ccc(NC(=O)C(=O)N/N=C/c2c(OC(=O)c3ccccc3)ccc3ccccc23)cc1. The number of benzene rings is 4. The maximum Gasteiger partial charge on any atom is 0.343 e. The van der Waals surface area contributed by atoms with Crippen molar-refractivity contribution in [2.75, 3.05) is 5.32 Å². The van der Waals surface area contributed by atoms with Gasteiger partial charge in [0.1, 0.15) is 5.75 Å². The third-order valence-electron chi connectivity index (χ3n) is 5.02. The molecule has 0 saturated carbocycles. The van der Waals surface area contributed by atoms with E-state index in [0.717, 1.165) is 16.3 Å². The van der Waals surface area contributed by atoms with Crippen molar-refractivity contribution >= 4 is 40.5 Å². The van der Waals surface area contributed by atoms with Crippen LogP contribution in [0.2, 0.25) is 0 Å². The topological polar surface area (TPSA) is 96.9 Å². The van der Waals surface area contributed by atoms with Crippen molar-refractivity contribution in [3.8, 4) is 5.75 Å². The van der Waals surface area contributed by atoms with Crippen LogP contribution in [0.5, 0.6) is 5.75 Å². The summed E-state index contributed by atoms with van der Waals surface area (Å²) < 4.78 is 5.61. The maximum atomic E-state index is 12.6. The number of ether oxygens (including phenoxy) is 1. The minimum Gasteiger partial charge on any atom is -0.422 e. The second-order valence-electron chi connectivity index (χ2n) is 7.47. The summed E-state index contributed by atoms with van der Waals surface area (Å²) in [6.45, 7) is 1.92. The van der Waals surface area contributed by atoms with Crippen LogP contribution in [0.1, 0.15) is 21.5 Å². The predicted molar refractivity (Wildman–Crippen MR) is 131 cm³/mol. The highest BCUT2D eigenvalue weighted by Crippen LogP contribution is 2.27. The van der Waals surface area contributed by atoms with E-state index in [0.29, 0.717) is 16.8 Å². The van der Waals surface area contributed by atoms with Crippen LogP contribution >= 0.6 is 0 Å². The third kappa shape index (κ3) is 5.34. The van der Waals surface area contributed by atoms with E-state index in [2.05, 4.69) is 15.8 Å². The van der Waals surface area contributed by atoms with Gasteiger partial charge in [-0.2, -0.15) is 5.10 Å². The number of carbonyl (C=O) groups is 3. The Morgan fingerprint density at radius 3 is 2.26 bits per heavy atom. The van der Waals surface area contributed by atoms with Gasteiger partial charge in [-0.3, -0.25) is 9.59 Å². The predicted octanol–water partition coefficient (Wildman–Crippen LogP) is 4.46. The first kappa shape index (κ1) is 22.4. The van der Waals surface area contributed by atoms with E-state index in [-0.39, 0.29) is 5.75 Å². The maximum absolute atomic E-state index is 12.6. The molecule has 7 nitrogen and oxygen atoms in total. The minimum atomic E-state index is -0.931. The highest BCUT2D eigenvalue weighted by atomic mass is 16.5. The van der Waals surface area contributed by atoms with Gasteiger partial charge in [-0.25, -0.2) is 10.2 Å². The molecule has 0 heterocycles. The molecule has 0 bridgehead atoms. The van der Waals surface area contributed by atoms with Gasteiger partial charge in [0.2, 0.25) is 0 Å². The van der Waals surface area contributed by atoms with Gasteiger partial charge >= 0.3 is 17.8 Å². The molecule has 0 aliphatic carbocycles. The zero-order chi connectivity index (χ0) is 23.9. The average Bonchev–Trinajstić information content (AvgIpc) is 2.86. The summed E-state index contributed by atoms with van der Waals surface area (Å²) in [6.07, 6.45) is 1.35. The van der Waals surface area contributed by atoms with E-state index in [1.54, 1.807) is 42.5 Å². The third-order valence-corrected chi connectivity index (χ3v) is 5.02. The monoisotopic (exact) mass is 451 g/mol. The second kappa shape index (κ2) is 10.2. The van der Waals surface area contributed by atoms with Crippen molar-refractivity contribution in [3.05, 3.63) is 108 Å². The number of nitrogens with one attached hydrogen (secondary N) is 2. The van der Waals surface area contributed by atoms with Crippen LogP contribution in [0.3, 0.4) is 0 Å². The van der Waals surface area contributed by atoms with Crippen molar-refractivity contribution in [3.63, 3.8) is 0 Å². The van der Waals surface area contributed by atoms with Gasteiger partial charge in [-0.05, 0) is 48.0 Å². The molecule has 0 atom stereocenters. The molecule has 4 aromatic carbocycles. The summed E-state index contributed by atoms with van der Waals surface area (Å²) >= 11 is 0. The van der Waals surface area contributed by atoms with Crippen LogP contribution < -0.4 is 15.5 Å². The number of hydrazone groups is 1. The summed E-state index contributed by atoms with van der Waals surface area (Å²) in [5, 5.41) is 8.10. The van der Waals surface area contributed by atoms with Crippen molar-refractivity contribution in [2.45, 2.75) is 6.92 Å². The second-order valence-corrected chi connectivity index (χ2v) is 7.47. The Morgan fingerprint density at radius 2 is 1.50 bits per heavy atom. The Bertz CT molecular complexity index is 1380. The molecule has 0 aliphatic rings. The van der Waals surface area contributed by atoms with Crippen molar-refractivity contribution < 1.29 is 19.1 Å². The number of anilines is 1. The number of hydrogen-bond donors (Lipinski definition) is 2. The number of nitrogens with zero attached hydrogens (tertiary/aromatic N) is 1. The van der Waals surface area contributed by atoms with Gasteiger partial charge in [0.15, 0.2) is 0 Å². The molecule has 0 spiro atoms. The largest absolute Gasteiger partial charge is 0.422 e. The molecule has 4 rings (SSSR count). The smallest absolute Gasteiger partial charge is 0.343 e. The van der Waals surface area contributed by atoms with E-state index in [1.165, 1.54) is 6.21 Å². The normalized spacial score (nSPS) is 10.7. The zero-order valence-corrected chi connectivity index (χ0v) is 18.3. The molecule has 2 N–H and O–H groups in total. The summed E-state index contributed by atoms with van der Waals surface area (Å²) in [5.74, 6) is -2.03. The molecule has 168 valence electrons. The molecular formula is C27H21N3O4. The summed E-state index contributed by atoms with van der Waals surface area (Å²) in [6, 6.07) is 26.6. The minimum absolute atomic E-state index is 0.273. The quantitative estimate of drug-likeness (QED) is 0.154. The van der Waals surface area contributed by atoms with Crippen LogP contribution in [0, 0.1) is 6.92 Å². The van der Waals surface area contributed by atoms with Gasteiger partial charge < -0.3 is 10.1 Å². The molecule has 0 fully saturated rings. The Kier molecular flexibility index (Phi) is 6.74. The highest BCUT2D eigenvalue weighted by molar-refractivity contribution is 6.39. The summed E-state index contributed by atoms with van der Waals surface area (Å²) in [7, 11) is 0. The molecule has 4 aromatic rings. The van der Waals surface area contributed by atoms with E-state index < -0.39 is 17.8 Å². The van der Waals surface area contributed by atoms with E-state index in [1.807, 2.05) is 55.5 Å². The van der Waals surface area contributed by atoms with Crippen molar-refractivity contribution in [2.24, 2.45) is 5.10 Å². The molecular weight excluding hydrogens is 430 g/mol. The standard InChI is InChI=1S/C27H21N3O4/c1-18-11-14-21(15-12-18)29-25(31)26(32)30-28-17-23-22-10-6-5-7-19(22)13-16-24(23)34-27(33)20-8-3-2-4-9-20/h2-17H,1H3,(H,29,31)(H,30,32)/b28-17+. The number of amides is 2. The summed E-state index contributed by atoms with van der Waals surface area (Å²) in [4.78, 5) is 36.9. The molecule has 0 aliphatic heterocycles. The first-order chi connectivity index (χ1) is 16.5. The van der Waals surface area contributed by atoms with Crippen LogP contribution in [0.15, 0.2) is 96.1 Å². The molecule has 7 heteroatoms. The van der Waals surface area contributed by atoms with E-state index in [9.17, 15) is 14.4 Å².